The summed E-state index contributed by atoms with van der Waals surface area (Å²) in [5.74, 6) is 0.397. The molecule has 4 aromatic rings. The summed E-state index contributed by atoms with van der Waals surface area (Å²) in [6, 6.07) is 28.1. The molecule has 3 aromatic carbocycles. The van der Waals surface area contributed by atoms with Crippen LogP contribution >= 0.6 is 0 Å². The fourth-order valence-corrected chi connectivity index (χ4v) is 4.41. The second-order valence-corrected chi connectivity index (χ2v) is 7.99. The van der Waals surface area contributed by atoms with Crippen molar-refractivity contribution in [2.75, 3.05) is 13.1 Å². The molecule has 1 N–H and O–H groups in total. The molecule has 0 amide bonds. The minimum Gasteiger partial charge on any atom is -0.372 e. The van der Waals surface area contributed by atoms with Crippen LogP contribution in [0.3, 0.4) is 0 Å². The maximum absolute atomic E-state index is 6.46. The molecule has 150 valence electrons. The van der Waals surface area contributed by atoms with Gasteiger partial charge in [-0.15, -0.1) is 0 Å². The summed E-state index contributed by atoms with van der Waals surface area (Å²) in [6.07, 6.45) is 4.95. The first kappa shape index (κ1) is 19.0. The minimum absolute atomic E-state index is 0.165. The van der Waals surface area contributed by atoms with Crippen molar-refractivity contribution in [2.24, 2.45) is 0 Å². The highest BCUT2D eigenvalue weighted by Gasteiger charge is 2.27. The van der Waals surface area contributed by atoms with E-state index in [1.54, 1.807) is 0 Å². The second kappa shape index (κ2) is 8.78. The molecule has 0 saturated carbocycles. The minimum atomic E-state index is 0.165. The lowest BCUT2D eigenvalue weighted by molar-refractivity contribution is 0.0107. The molecule has 0 spiro atoms. The lowest BCUT2D eigenvalue weighted by atomic mass is 9.86. The van der Waals surface area contributed by atoms with Crippen molar-refractivity contribution in [1.29, 1.82) is 0 Å². The van der Waals surface area contributed by atoms with Crippen LogP contribution in [0.15, 0.2) is 91.3 Å². The number of aromatic nitrogens is 1. The quantitative estimate of drug-likeness (QED) is 0.481. The van der Waals surface area contributed by atoms with Gasteiger partial charge in [0.05, 0.1) is 12.7 Å². The molecule has 0 aliphatic carbocycles. The summed E-state index contributed by atoms with van der Waals surface area (Å²) in [4.78, 5) is 4.14. The molecule has 0 bridgehead atoms. The van der Waals surface area contributed by atoms with Gasteiger partial charge in [-0.1, -0.05) is 60.7 Å². The summed E-state index contributed by atoms with van der Waals surface area (Å²) in [6.45, 7) is 2.55. The van der Waals surface area contributed by atoms with Gasteiger partial charge < -0.3 is 10.1 Å². The third kappa shape index (κ3) is 4.13. The van der Waals surface area contributed by atoms with Gasteiger partial charge in [0.1, 0.15) is 0 Å². The molecular weight excluding hydrogens is 368 g/mol. The van der Waals surface area contributed by atoms with Crippen LogP contribution in [0.2, 0.25) is 0 Å². The Kier molecular flexibility index (Phi) is 5.56. The number of hydrogen-bond acceptors (Lipinski definition) is 3. The topological polar surface area (TPSA) is 34.2 Å². The third-order valence-electron chi connectivity index (χ3n) is 6.03. The van der Waals surface area contributed by atoms with Gasteiger partial charge in [-0.2, -0.15) is 0 Å². The Bertz CT molecular complexity index is 1130. The van der Waals surface area contributed by atoms with Crippen LogP contribution < -0.4 is 5.32 Å². The molecule has 30 heavy (non-hydrogen) atoms. The van der Waals surface area contributed by atoms with Crippen LogP contribution in [0.5, 0.6) is 0 Å². The van der Waals surface area contributed by atoms with E-state index < -0.39 is 0 Å². The third-order valence-corrected chi connectivity index (χ3v) is 6.03. The molecular formula is C27H26N2O. The Morgan fingerprint density at radius 2 is 1.70 bits per heavy atom. The number of hydrogen-bond donors (Lipinski definition) is 1. The van der Waals surface area contributed by atoms with Crippen molar-refractivity contribution in [3.05, 3.63) is 102 Å². The van der Waals surface area contributed by atoms with Gasteiger partial charge in [0.25, 0.3) is 0 Å². The zero-order valence-corrected chi connectivity index (χ0v) is 17.0. The highest BCUT2D eigenvalue weighted by atomic mass is 16.5. The Morgan fingerprint density at radius 3 is 2.60 bits per heavy atom. The van der Waals surface area contributed by atoms with Gasteiger partial charge in [-0.25, -0.2) is 0 Å². The maximum Gasteiger partial charge on any atom is 0.0772 e. The van der Waals surface area contributed by atoms with Crippen LogP contribution in [0.1, 0.15) is 23.5 Å². The van der Waals surface area contributed by atoms with Gasteiger partial charge in [-0.3, -0.25) is 4.98 Å². The summed E-state index contributed by atoms with van der Waals surface area (Å²) in [5, 5.41) is 6.05. The molecule has 0 radical (unpaired) electrons. The van der Waals surface area contributed by atoms with Gasteiger partial charge >= 0.3 is 0 Å². The molecule has 1 aliphatic heterocycles. The molecule has 2 atom stereocenters. The average Bonchev–Trinajstić information content (AvgIpc) is 2.83. The van der Waals surface area contributed by atoms with Gasteiger partial charge in [0, 0.05) is 24.9 Å². The lowest BCUT2D eigenvalue weighted by Gasteiger charge is -2.33. The van der Waals surface area contributed by atoms with Gasteiger partial charge in [0.2, 0.25) is 0 Å². The van der Waals surface area contributed by atoms with E-state index in [1.165, 1.54) is 33.0 Å². The van der Waals surface area contributed by atoms with Crippen LogP contribution in [0, 0.1) is 0 Å². The summed E-state index contributed by atoms with van der Waals surface area (Å²) in [7, 11) is 0. The van der Waals surface area contributed by atoms with E-state index in [0.29, 0.717) is 12.5 Å². The second-order valence-electron chi connectivity index (χ2n) is 7.99. The summed E-state index contributed by atoms with van der Waals surface area (Å²) in [5.41, 5.74) is 5.02. The molecule has 1 fully saturated rings. The van der Waals surface area contributed by atoms with E-state index in [1.807, 2.05) is 12.4 Å². The molecule has 2 heterocycles. The van der Waals surface area contributed by atoms with Crippen LogP contribution in [-0.4, -0.2) is 24.2 Å². The zero-order chi connectivity index (χ0) is 20.2. The summed E-state index contributed by atoms with van der Waals surface area (Å²) < 4.78 is 6.46. The maximum atomic E-state index is 6.46. The Hall–Kier alpha value is -3.01. The van der Waals surface area contributed by atoms with E-state index in [2.05, 4.69) is 89.2 Å². The standard InChI is InChI=1S/C27H26N2O/c1-2-5-23-16-20(8-9-21(23)4-1)19-30-27-18-29-15-12-26(27)25-7-3-6-24(17-25)22-10-13-28-14-11-22/h1-11,13-14,16-17,26-27,29H,12,15,18-19H2/t26-,27?/m1/s1. The highest BCUT2D eigenvalue weighted by molar-refractivity contribution is 5.82. The summed E-state index contributed by atoms with van der Waals surface area (Å²) >= 11 is 0. The van der Waals surface area contributed by atoms with Crippen molar-refractivity contribution in [3.63, 3.8) is 0 Å². The number of ether oxygens (including phenoxy) is 1. The molecule has 3 nitrogen and oxygen atoms in total. The monoisotopic (exact) mass is 394 g/mol. The van der Waals surface area contributed by atoms with E-state index in [9.17, 15) is 0 Å². The molecule has 1 saturated heterocycles. The highest BCUT2D eigenvalue weighted by Crippen LogP contribution is 2.31. The van der Waals surface area contributed by atoms with E-state index >= 15 is 0 Å². The number of nitrogens with one attached hydrogen (secondary N) is 1. The Balaban J connectivity index is 1.34. The first-order chi connectivity index (χ1) is 14.9. The van der Waals surface area contributed by atoms with E-state index in [4.69, 9.17) is 4.74 Å². The average molecular weight is 395 g/mol. The Morgan fingerprint density at radius 1 is 0.833 bits per heavy atom. The molecule has 1 unspecified atom stereocenters. The van der Waals surface area contributed by atoms with Crippen molar-refractivity contribution in [2.45, 2.75) is 25.0 Å². The number of piperidine rings is 1. The largest absolute Gasteiger partial charge is 0.372 e. The fourth-order valence-electron chi connectivity index (χ4n) is 4.41. The SMILES string of the molecule is c1cc(-c2ccncc2)cc([C@H]2CCNCC2OCc2ccc3ccccc3c2)c1. The van der Waals surface area contributed by atoms with Crippen molar-refractivity contribution in [1.82, 2.24) is 10.3 Å². The molecule has 5 rings (SSSR count). The first-order valence-corrected chi connectivity index (χ1v) is 10.7. The molecule has 1 aromatic heterocycles. The van der Waals surface area contributed by atoms with Gasteiger partial charge in [0.15, 0.2) is 0 Å². The van der Waals surface area contributed by atoms with Crippen molar-refractivity contribution in [3.8, 4) is 11.1 Å². The van der Waals surface area contributed by atoms with Crippen LogP contribution in [-0.2, 0) is 11.3 Å². The molecule has 3 heteroatoms. The zero-order valence-electron chi connectivity index (χ0n) is 17.0. The first-order valence-electron chi connectivity index (χ1n) is 10.7. The van der Waals surface area contributed by atoms with Crippen molar-refractivity contribution >= 4 is 10.8 Å². The number of benzene rings is 3. The number of pyridine rings is 1. The van der Waals surface area contributed by atoms with Crippen LogP contribution in [0.25, 0.3) is 21.9 Å². The predicted octanol–water partition coefficient (Wildman–Crippen LogP) is 5.56. The fraction of sp³-hybridized carbons (Fsp3) is 0.222. The number of rotatable bonds is 5. The van der Waals surface area contributed by atoms with E-state index in [0.717, 1.165) is 19.5 Å². The van der Waals surface area contributed by atoms with Crippen LogP contribution in [0.4, 0.5) is 0 Å². The Labute approximate surface area is 177 Å². The predicted molar refractivity (Wildman–Crippen MR) is 122 cm³/mol. The van der Waals surface area contributed by atoms with E-state index in [-0.39, 0.29) is 6.10 Å². The lowest BCUT2D eigenvalue weighted by Crippen LogP contribution is -2.41. The molecule has 1 aliphatic rings. The number of fused-ring (bicyclic) bond motifs is 1. The van der Waals surface area contributed by atoms with Gasteiger partial charge in [-0.05, 0) is 64.2 Å². The number of nitrogens with zero attached hydrogens (tertiary/aromatic N) is 1. The van der Waals surface area contributed by atoms with Crippen molar-refractivity contribution < 1.29 is 4.74 Å². The normalized spacial score (nSPS) is 19.1. The smallest absolute Gasteiger partial charge is 0.0772 e.